The molecular formula is C11H7ClF2N2. The van der Waals surface area contributed by atoms with Crippen LogP contribution >= 0.6 is 11.6 Å². The van der Waals surface area contributed by atoms with Crippen molar-refractivity contribution in [3.63, 3.8) is 0 Å². The lowest BCUT2D eigenvalue weighted by Crippen LogP contribution is -1.98. The highest BCUT2D eigenvalue weighted by Gasteiger charge is 2.11. The van der Waals surface area contributed by atoms with Gasteiger partial charge in [0.1, 0.15) is 18.0 Å². The van der Waals surface area contributed by atoms with Gasteiger partial charge in [-0.25, -0.2) is 18.7 Å². The lowest BCUT2D eigenvalue weighted by atomic mass is 10.1. The summed E-state index contributed by atoms with van der Waals surface area (Å²) in [6.07, 6.45) is 4.49. The summed E-state index contributed by atoms with van der Waals surface area (Å²) in [5, 5.41) is 0.0445. The van der Waals surface area contributed by atoms with Crippen molar-refractivity contribution in [2.75, 3.05) is 0 Å². The molecule has 1 aromatic heterocycles. The van der Waals surface area contributed by atoms with Crippen LogP contribution in [-0.4, -0.2) is 9.97 Å². The van der Waals surface area contributed by atoms with E-state index in [1.54, 1.807) is 0 Å². The maximum Gasteiger partial charge on any atom is 0.131 e. The van der Waals surface area contributed by atoms with Crippen molar-refractivity contribution < 1.29 is 8.78 Å². The number of hydrogen-bond donors (Lipinski definition) is 0. The first kappa shape index (κ1) is 11.0. The van der Waals surface area contributed by atoms with Crippen LogP contribution in [-0.2, 0) is 6.42 Å². The fraction of sp³-hybridized carbons (Fsp3) is 0.0909. The second-order valence-corrected chi connectivity index (χ2v) is 3.71. The molecule has 0 unspecified atom stereocenters. The molecule has 0 atom stereocenters. The molecule has 0 saturated heterocycles. The zero-order valence-corrected chi connectivity index (χ0v) is 8.88. The first-order valence-corrected chi connectivity index (χ1v) is 4.92. The Bertz CT molecular complexity index is 480. The van der Waals surface area contributed by atoms with Crippen LogP contribution in [0.1, 0.15) is 11.1 Å². The van der Waals surface area contributed by atoms with Crippen LogP contribution in [0.3, 0.4) is 0 Å². The van der Waals surface area contributed by atoms with Crippen molar-refractivity contribution in [3.05, 3.63) is 58.6 Å². The molecule has 0 amide bonds. The van der Waals surface area contributed by atoms with Crippen molar-refractivity contribution in [2.45, 2.75) is 6.42 Å². The van der Waals surface area contributed by atoms with Crippen LogP contribution in [0.4, 0.5) is 8.78 Å². The minimum atomic E-state index is -0.658. The third kappa shape index (κ3) is 2.33. The smallest absolute Gasteiger partial charge is 0.131 e. The Balaban J connectivity index is 2.35. The SMILES string of the molecule is Fc1cc(Cl)cc(F)c1Cc1cncnc1. The van der Waals surface area contributed by atoms with E-state index in [2.05, 4.69) is 9.97 Å². The molecule has 0 aliphatic rings. The molecular weight excluding hydrogens is 234 g/mol. The summed E-state index contributed by atoms with van der Waals surface area (Å²) < 4.78 is 26.9. The first-order valence-electron chi connectivity index (χ1n) is 4.54. The van der Waals surface area contributed by atoms with E-state index in [0.717, 1.165) is 12.1 Å². The molecule has 0 aliphatic heterocycles. The number of hydrogen-bond acceptors (Lipinski definition) is 2. The topological polar surface area (TPSA) is 25.8 Å². The Morgan fingerprint density at radius 3 is 2.19 bits per heavy atom. The zero-order valence-electron chi connectivity index (χ0n) is 8.12. The summed E-state index contributed by atoms with van der Waals surface area (Å²) in [7, 11) is 0. The summed E-state index contributed by atoms with van der Waals surface area (Å²) in [5.74, 6) is -1.32. The van der Waals surface area contributed by atoms with Gasteiger partial charge in [-0.2, -0.15) is 0 Å². The molecule has 5 heteroatoms. The predicted octanol–water partition coefficient (Wildman–Crippen LogP) is 3.00. The molecule has 2 aromatic rings. The molecule has 0 N–H and O–H groups in total. The van der Waals surface area contributed by atoms with E-state index < -0.39 is 11.6 Å². The van der Waals surface area contributed by atoms with Gasteiger partial charge in [-0.05, 0) is 17.7 Å². The number of rotatable bonds is 2. The van der Waals surface area contributed by atoms with Gasteiger partial charge in [-0.3, -0.25) is 0 Å². The zero-order chi connectivity index (χ0) is 11.5. The van der Waals surface area contributed by atoms with E-state index in [1.807, 2.05) is 0 Å². The van der Waals surface area contributed by atoms with Gasteiger partial charge in [-0.1, -0.05) is 11.6 Å². The van der Waals surface area contributed by atoms with Crippen LogP contribution in [0.5, 0.6) is 0 Å². The van der Waals surface area contributed by atoms with Gasteiger partial charge in [0.25, 0.3) is 0 Å². The lowest BCUT2D eigenvalue weighted by Gasteiger charge is -2.05. The van der Waals surface area contributed by atoms with E-state index in [0.29, 0.717) is 5.56 Å². The van der Waals surface area contributed by atoms with Crippen molar-refractivity contribution >= 4 is 11.6 Å². The summed E-state index contributed by atoms with van der Waals surface area (Å²) in [6, 6.07) is 2.17. The van der Waals surface area contributed by atoms with E-state index in [4.69, 9.17) is 11.6 Å². The highest BCUT2D eigenvalue weighted by molar-refractivity contribution is 6.30. The maximum absolute atomic E-state index is 13.4. The van der Waals surface area contributed by atoms with Crippen molar-refractivity contribution in [1.29, 1.82) is 0 Å². The standard InChI is InChI=1S/C11H7ClF2N2/c12-8-2-10(13)9(11(14)3-8)1-7-4-15-6-16-5-7/h2-6H,1H2. The molecule has 0 spiro atoms. The minimum Gasteiger partial charge on any atom is -0.245 e. The summed E-state index contributed by atoms with van der Waals surface area (Å²) in [4.78, 5) is 7.55. The van der Waals surface area contributed by atoms with E-state index in [1.165, 1.54) is 18.7 Å². The maximum atomic E-state index is 13.4. The van der Waals surface area contributed by atoms with Crippen molar-refractivity contribution in [3.8, 4) is 0 Å². The molecule has 82 valence electrons. The molecule has 0 fully saturated rings. The van der Waals surface area contributed by atoms with Crippen LogP contribution < -0.4 is 0 Å². The third-order valence-corrected chi connectivity index (χ3v) is 2.32. The van der Waals surface area contributed by atoms with Crippen LogP contribution in [0.2, 0.25) is 5.02 Å². The second kappa shape index (κ2) is 4.53. The fourth-order valence-electron chi connectivity index (χ4n) is 1.37. The largest absolute Gasteiger partial charge is 0.245 e. The quantitative estimate of drug-likeness (QED) is 0.807. The predicted molar refractivity (Wildman–Crippen MR) is 56.2 cm³/mol. The van der Waals surface area contributed by atoms with Gasteiger partial charge in [0.05, 0.1) is 0 Å². The second-order valence-electron chi connectivity index (χ2n) is 3.27. The third-order valence-electron chi connectivity index (χ3n) is 2.10. The van der Waals surface area contributed by atoms with Crippen LogP contribution in [0.15, 0.2) is 30.9 Å². The molecule has 0 saturated carbocycles. The van der Waals surface area contributed by atoms with E-state index >= 15 is 0 Å². The number of halogens is 3. The highest BCUT2D eigenvalue weighted by Crippen LogP contribution is 2.21. The molecule has 0 aliphatic carbocycles. The Morgan fingerprint density at radius 1 is 1.06 bits per heavy atom. The minimum absolute atomic E-state index is 0.0285. The van der Waals surface area contributed by atoms with Gasteiger partial charge in [-0.15, -0.1) is 0 Å². The lowest BCUT2D eigenvalue weighted by molar-refractivity contribution is 0.561. The number of nitrogens with zero attached hydrogens (tertiary/aromatic N) is 2. The fourth-order valence-corrected chi connectivity index (χ4v) is 1.56. The van der Waals surface area contributed by atoms with Crippen molar-refractivity contribution in [2.24, 2.45) is 0 Å². The Kier molecular flexibility index (Phi) is 3.10. The normalized spacial score (nSPS) is 10.4. The first-order chi connectivity index (χ1) is 7.66. The monoisotopic (exact) mass is 240 g/mol. The van der Waals surface area contributed by atoms with Gasteiger partial charge < -0.3 is 0 Å². The molecule has 0 radical (unpaired) electrons. The average Bonchev–Trinajstić information content (AvgIpc) is 2.25. The molecule has 2 nitrogen and oxygen atoms in total. The van der Waals surface area contributed by atoms with Gasteiger partial charge >= 0.3 is 0 Å². The molecule has 1 aromatic carbocycles. The summed E-state index contributed by atoms with van der Waals surface area (Å²) in [6.45, 7) is 0. The number of aromatic nitrogens is 2. The van der Waals surface area contributed by atoms with Gasteiger partial charge in [0.15, 0.2) is 0 Å². The Labute approximate surface area is 95.9 Å². The highest BCUT2D eigenvalue weighted by atomic mass is 35.5. The molecule has 2 rings (SSSR count). The summed E-state index contributed by atoms with van der Waals surface area (Å²) in [5.41, 5.74) is 0.613. The molecule has 0 bridgehead atoms. The average molecular weight is 241 g/mol. The summed E-state index contributed by atoms with van der Waals surface area (Å²) >= 11 is 5.52. The molecule has 1 heterocycles. The van der Waals surface area contributed by atoms with Crippen LogP contribution in [0.25, 0.3) is 0 Å². The Morgan fingerprint density at radius 2 is 1.62 bits per heavy atom. The van der Waals surface area contributed by atoms with E-state index in [9.17, 15) is 8.78 Å². The number of benzene rings is 1. The Hall–Kier alpha value is -1.55. The molecule has 16 heavy (non-hydrogen) atoms. The van der Waals surface area contributed by atoms with Gasteiger partial charge in [0, 0.05) is 29.4 Å². The van der Waals surface area contributed by atoms with E-state index in [-0.39, 0.29) is 17.0 Å². The van der Waals surface area contributed by atoms with Crippen LogP contribution in [0, 0.1) is 11.6 Å². The van der Waals surface area contributed by atoms with Gasteiger partial charge in [0.2, 0.25) is 0 Å². The van der Waals surface area contributed by atoms with Crippen molar-refractivity contribution in [1.82, 2.24) is 9.97 Å².